The van der Waals surface area contributed by atoms with Crippen LogP contribution in [0.15, 0.2) is 28.7 Å². The van der Waals surface area contributed by atoms with E-state index in [1.54, 1.807) is 4.90 Å². The lowest BCUT2D eigenvalue weighted by molar-refractivity contribution is 0.0284. The topological polar surface area (TPSA) is 64.8 Å². The van der Waals surface area contributed by atoms with Crippen molar-refractivity contribution < 1.29 is 18.7 Å². The van der Waals surface area contributed by atoms with Gasteiger partial charge in [0.25, 0.3) is 0 Å². The van der Waals surface area contributed by atoms with Crippen LogP contribution in [0.25, 0.3) is 11.1 Å². The van der Waals surface area contributed by atoms with Gasteiger partial charge in [0.1, 0.15) is 11.1 Å². The van der Waals surface area contributed by atoms with Gasteiger partial charge in [-0.25, -0.2) is 4.79 Å². The Bertz CT molecular complexity index is 656. The van der Waals surface area contributed by atoms with Crippen molar-refractivity contribution in [2.75, 3.05) is 19.7 Å². The zero-order chi connectivity index (χ0) is 16.4. The standard InChI is InChI=1S/C17H22N2O4/c1-17(2,3)23-16(20)19-9-8-12(10-19)11-21-15-18-13-6-4-5-7-14(13)22-15/h4-7,12H,8-11H2,1-3H3/t12-/m0/s1. The van der Waals surface area contributed by atoms with Crippen molar-refractivity contribution in [1.29, 1.82) is 0 Å². The van der Waals surface area contributed by atoms with E-state index in [-0.39, 0.29) is 18.1 Å². The van der Waals surface area contributed by atoms with E-state index in [9.17, 15) is 4.79 Å². The summed E-state index contributed by atoms with van der Waals surface area (Å²) in [6, 6.07) is 7.54. The molecule has 0 N–H and O–H groups in total. The molecule has 0 bridgehead atoms. The van der Waals surface area contributed by atoms with Crippen LogP contribution in [0.2, 0.25) is 0 Å². The van der Waals surface area contributed by atoms with Crippen LogP contribution in [0.1, 0.15) is 27.2 Å². The van der Waals surface area contributed by atoms with Crippen LogP contribution in [0, 0.1) is 5.92 Å². The Labute approximate surface area is 135 Å². The molecule has 1 aliphatic rings. The number of hydrogen-bond donors (Lipinski definition) is 0. The molecule has 0 saturated carbocycles. The molecule has 1 fully saturated rings. The maximum atomic E-state index is 12.0. The van der Waals surface area contributed by atoms with Crippen LogP contribution in [0.4, 0.5) is 4.79 Å². The number of carbonyl (C=O) groups excluding carboxylic acids is 1. The predicted octanol–water partition coefficient (Wildman–Crippen LogP) is 3.46. The van der Waals surface area contributed by atoms with E-state index in [4.69, 9.17) is 13.9 Å². The molecule has 6 nitrogen and oxygen atoms in total. The van der Waals surface area contributed by atoms with Gasteiger partial charge in [0, 0.05) is 19.0 Å². The van der Waals surface area contributed by atoms with Crippen molar-refractivity contribution in [3.8, 4) is 6.08 Å². The molecule has 124 valence electrons. The van der Waals surface area contributed by atoms with Crippen molar-refractivity contribution in [3.05, 3.63) is 24.3 Å². The first-order valence-electron chi connectivity index (χ1n) is 7.87. The zero-order valence-corrected chi connectivity index (χ0v) is 13.7. The fourth-order valence-corrected chi connectivity index (χ4v) is 2.56. The van der Waals surface area contributed by atoms with E-state index in [0.29, 0.717) is 25.3 Å². The Morgan fingerprint density at radius 1 is 1.39 bits per heavy atom. The summed E-state index contributed by atoms with van der Waals surface area (Å²) in [7, 11) is 0. The first-order chi connectivity index (χ1) is 10.9. The van der Waals surface area contributed by atoms with Gasteiger partial charge in [-0.2, -0.15) is 4.98 Å². The fourth-order valence-electron chi connectivity index (χ4n) is 2.56. The average molecular weight is 318 g/mol. The number of amides is 1. The van der Waals surface area contributed by atoms with Crippen LogP contribution in [-0.4, -0.2) is 41.3 Å². The highest BCUT2D eigenvalue weighted by Crippen LogP contribution is 2.23. The van der Waals surface area contributed by atoms with Crippen molar-refractivity contribution in [1.82, 2.24) is 9.88 Å². The zero-order valence-electron chi connectivity index (χ0n) is 13.7. The molecule has 3 rings (SSSR count). The van der Waals surface area contributed by atoms with E-state index in [1.165, 1.54) is 0 Å². The molecule has 0 spiro atoms. The third-order valence-corrected chi connectivity index (χ3v) is 3.65. The van der Waals surface area contributed by atoms with Gasteiger partial charge in [-0.3, -0.25) is 0 Å². The number of ether oxygens (including phenoxy) is 2. The Morgan fingerprint density at radius 3 is 2.91 bits per heavy atom. The first-order valence-corrected chi connectivity index (χ1v) is 7.87. The molecule has 6 heteroatoms. The second kappa shape index (κ2) is 6.10. The van der Waals surface area contributed by atoms with Crippen LogP contribution in [-0.2, 0) is 4.74 Å². The van der Waals surface area contributed by atoms with Crippen LogP contribution in [0.3, 0.4) is 0 Å². The van der Waals surface area contributed by atoms with Gasteiger partial charge in [0.05, 0.1) is 6.61 Å². The maximum absolute atomic E-state index is 12.0. The molecule has 0 radical (unpaired) electrons. The number of likely N-dealkylation sites (tertiary alicyclic amines) is 1. The molecular formula is C17H22N2O4. The van der Waals surface area contributed by atoms with Gasteiger partial charge in [-0.05, 0) is 39.3 Å². The fraction of sp³-hybridized carbons (Fsp3) is 0.529. The number of fused-ring (bicyclic) bond motifs is 1. The first kappa shape index (κ1) is 15.6. The molecule has 23 heavy (non-hydrogen) atoms. The number of oxazole rings is 1. The normalized spacial score (nSPS) is 18.4. The number of hydrogen-bond acceptors (Lipinski definition) is 5. The molecule has 1 atom stereocenters. The van der Waals surface area contributed by atoms with Crippen LogP contribution < -0.4 is 4.74 Å². The van der Waals surface area contributed by atoms with Gasteiger partial charge in [0.15, 0.2) is 5.58 Å². The highest BCUT2D eigenvalue weighted by Gasteiger charge is 2.30. The summed E-state index contributed by atoms with van der Waals surface area (Å²) < 4.78 is 16.6. The molecule has 1 saturated heterocycles. The highest BCUT2D eigenvalue weighted by atomic mass is 16.6. The number of benzene rings is 1. The Hall–Kier alpha value is -2.24. The number of carbonyl (C=O) groups is 1. The third-order valence-electron chi connectivity index (χ3n) is 3.65. The van der Waals surface area contributed by atoms with Crippen molar-refractivity contribution >= 4 is 17.2 Å². The second-order valence-corrected chi connectivity index (χ2v) is 6.84. The van der Waals surface area contributed by atoms with Gasteiger partial charge in [-0.1, -0.05) is 12.1 Å². The van der Waals surface area contributed by atoms with Crippen molar-refractivity contribution in [3.63, 3.8) is 0 Å². The summed E-state index contributed by atoms with van der Waals surface area (Å²) in [5.74, 6) is 0.262. The van der Waals surface area contributed by atoms with E-state index in [0.717, 1.165) is 11.9 Å². The Kier molecular flexibility index (Phi) is 4.15. The molecule has 0 unspecified atom stereocenters. The molecule has 1 aromatic heterocycles. The Morgan fingerprint density at radius 2 is 2.17 bits per heavy atom. The second-order valence-electron chi connectivity index (χ2n) is 6.84. The van der Waals surface area contributed by atoms with E-state index >= 15 is 0 Å². The Balaban J connectivity index is 1.51. The SMILES string of the molecule is CC(C)(C)OC(=O)N1CC[C@H](COc2nc3ccccc3o2)C1. The van der Waals surface area contributed by atoms with Gasteiger partial charge in [0.2, 0.25) is 0 Å². The van der Waals surface area contributed by atoms with E-state index in [2.05, 4.69) is 4.98 Å². The molecule has 1 aliphatic heterocycles. The lowest BCUT2D eigenvalue weighted by atomic mass is 10.1. The minimum atomic E-state index is -0.468. The van der Waals surface area contributed by atoms with Crippen LogP contribution in [0.5, 0.6) is 6.08 Å². The molecule has 1 amide bonds. The largest absolute Gasteiger partial charge is 0.450 e. The predicted molar refractivity (Wildman–Crippen MR) is 85.4 cm³/mol. The minimum absolute atomic E-state index is 0.262. The van der Waals surface area contributed by atoms with Gasteiger partial charge in [-0.15, -0.1) is 0 Å². The summed E-state index contributed by atoms with van der Waals surface area (Å²) in [6.07, 6.45) is 0.906. The molecule has 0 aliphatic carbocycles. The molecule has 2 aromatic rings. The molecular weight excluding hydrogens is 296 g/mol. The van der Waals surface area contributed by atoms with E-state index in [1.807, 2.05) is 45.0 Å². The smallest absolute Gasteiger partial charge is 0.410 e. The quantitative estimate of drug-likeness (QED) is 0.867. The number of para-hydroxylation sites is 2. The van der Waals surface area contributed by atoms with Gasteiger partial charge < -0.3 is 18.8 Å². The molecule has 1 aromatic carbocycles. The summed E-state index contributed by atoms with van der Waals surface area (Å²) in [4.78, 5) is 18.0. The monoisotopic (exact) mass is 318 g/mol. The number of aromatic nitrogens is 1. The van der Waals surface area contributed by atoms with Crippen LogP contribution >= 0.6 is 0 Å². The van der Waals surface area contributed by atoms with E-state index < -0.39 is 5.60 Å². The summed E-state index contributed by atoms with van der Waals surface area (Å²) in [5.41, 5.74) is 1.03. The lowest BCUT2D eigenvalue weighted by Crippen LogP contribution is -2.35. The lowest BCUT2D eigenvalue weighted by Gasteiger charge is -2.24. The number of rotatable bonds is 3. The van der Waals surface area contributed by atoms with Crippen molar-refractivity contribution in [2.45, 2.75) is 32.8 Å². The third kappa shape index (κ3) is 3.94. The van der Waals surface area contributed by atoms with Crippen molar-refractivity contribution in [2.24, 2.45) is 5.92 Å². The highest BCUT2D eigenvalue weighted by molar-refractivity contribution is 5.72. The maximum Gasteiger partial charge on any atom is 0.410 e. The summed E-state index contributed by atoms with van der Waals surface area (Å²) in [6.45, 7) is 7.41. The van der Waals surface area contributed by atoms with Gasteiger partial charge >= 0.3 is 12.2 Å². The summed E-state index contributed by atoms with van der Waals surface area (Å²) in [5, 5.41) is 0. The summed E-state index contributed by atoms with van der Waals surface area (Å²) >= 11 is 0. The average Bonchev–Trinajstić information content (AvgIpc) is 3.09. The molecule has 2 heterocycles. The number of nitrogens with zero attached hydrogens (tertiary/aromatic N) is 2. The minimum Gasteiger partial charge on any atom is -0.450 e.